The van der Waals surface area contributed by atoms with E-state index in [-0.39, 0.29) is 51.0 Å². The van der Waals surface area contributed by atoms with E-state index in [9.17, 15) is 0 Å². The van der Waals surface area contributed by atoms with Gasteiger partial charge in [0.05, 0.1) is 0 Å². The van der Waals surface area contributed by atoms with Gasteiger partial charge in [-0.3, -0.25) is 0 Å². The molecule has 0 saturated carbocycles. The molecule has 0 aromatic heterocycles. The van der Waals surface area contributed by atoms with Gasteiger partial charge in [-0.05, 0) is 6.42 Å². The molecule has 0 heterocycles. The first-order valence-electron chi connectivity index (χ1n) is 2.07. The van der Waals surface area contributed by atoms with E-state index in [1.165, 1.54) is 5.57 Å². The van der Waals surface area contributed by atoms with E-state index in [2.05, 4.69) is 13.0 Å². The summed E-state index contributed by atoms with van der Waals surface area (Å²) < 4.78 is 0. The van der Waals surface area contributed by atoms with Crippen molar-refractivity contribution in [3.05, 3.63) is 30.7 Å². The zero-order valence-electron chi connectivity index (χ0n) is 4.96. The molecule has 1 rings (SSSR count). The maximum Gasteiger partial charge on any atom is 0 e. The molecule has 1 aliphatic carbocycles. The van der Waals surface area contributed by atoms with E-state index < -0.39 is 0 Å². The second kappa shape index (κ2) is 8.81. The maximum atomic E-state index is 3.74. The summed E-state index contributed by atoms with van der Waals surface area (Å²) >= 11 is 0. The number of rotatable bonds is 0. The molecule has 0 spiro atoms. The summed E-state index contributed by atoms with van der Waals surface area (Å²) in [6.07, 6.45) is 7.21. The van der Waals surface area contributed by atoms with Crippen molar-refractivity contribution in [1.29, 1.82) is 0 Å². The molecule has 9 heavy (non-hydrogen) atoms. The summed E-state index contributed by atoms with van der Waals surface area (Å²) in [7, 11) is 0. The first-order valence-corrected chi connectivity index (χ1v) is 2.07. The Morgan fingerprint density at radius 3 is 2.00 bits per heavy atom. The molecule has 0 aliphatic heterocycles. The van der Waals surface area contributed by atoms with Gasteiger partial charge in [0, 0.05) is 26.2 Å². The molecule has 0 N–H and O–H groups in total. The quantitative estimate of drug-likeness (QED) is 0.574. The normalized spacial score (nSPS) is 12.2. The average Bonchev–Trinajstić information content (AvgIpc) is 1.86. The number of hydrogen-bond acceptors (Lipinski definition) is 0. The number of halogens is 2. The van der Waals surface area contributed by atoms with E-state index in [4.69, 9.17) is 0 Å². The number of allylic oxidation sites excluding steroid dienone is 4. The molecule has 0 fully saturated rings. The van der Waals surface area contributed by atoms with Gasteiger partial charge in [-0.15, -0.1) is 37.0 Å². The van der Waals surface area contributed by atoms with E-state index in [1.807, 2.05) is 12.2 Å². The molecule has 0 amide bonds. The van der Waals surface area contributed by atoms with E-state index >= 15 is 0 Å². The fourth-order valence-corrected chi connectivity index (χ4v) is 0.492. The molecule has 0 bridgehead atoms. The van der Waals surface area contributed by atoms with Crippen LogP contribution in [0.4, 0.5) is 0 Å². The van der Waals surface area contributed by atoms with Gasteiger partial charge >= 0.3 is 0 Å². The van der Waals surface area contributed by atoms with Gasteiger partial charge in [0.25, 0.3) is 0 Å². The first-order chi connectivity index (χ1) is 2.89. The van der Waals surface area contributed by atoms with E-state index in [1.54, 1.807) is 0 Å². The standard InChI is InChI=1S/C6H7.2ClH.Zr/c1-6-4-2-3-5-6;;;/h2-4H,1,5H2;2*1H;/q-1;;;. The Kier molecular flexibility index (Phi) is 16.1. The predicted octanol–water partition coefficient (Wildman–Crippen LogP) is 2.55. The van der Waals surface area contributed by atoms with E-state index in [0.717, 1.165) is 6.42 Å². The van der Waals surface area contributed by atoms with Gasteiger partial charge in [-0.1, -0.05) is 0 Å². The third-order valence-corrected chi connectivity index (χ3v) is 0.848. The molecule has 3 heteroatoms. The van der Waals surface area contributed by atoms with Gasteiger partial charge in [0.15, 0.2) is 0 Å². The molecule has 0 unspecified atom stereocenters. The summed E-state index contributed by atoms with van der Waals surface area (Å²) in [5, 5.41) is 0. The Morgan fingerprint density at radius 1 is 1.33 bits per heavy atom. The van der Waals surface area contributed by atoms with Gasteiger partial charge in [0.2, 0.25) is 0 Å². The molecule has 0 radical (unpaired) electrons. The third-order valence-electron chi connectivity index (χ3n) is 0.848. The minimum absolute atomic E-state index is 0. The van der Waals surface area contributed by atoms with Gasteiger partial charge in [0.1, 0.15) is 0 Å². The smallest absolute Gasteiger partial charge is 0 e. The van der Waals surface area contributed by atoms with Crippen molar-refractivity contribution in [2.75, 3.05) is 0 Å². The monoisotopic (exact) mass is 241 g/mol. The van der Waals surface area contributed by atoms with Crippen molar-refractivity contribution in [2.45, 2.75) is 6.42 Å². The second-order valence-electron chi connectivity index (χ2n) is 1.46. The first kappa shape index (κ1) is 16.4. The van der Waals surface area contributed by atoms with Crippen molar-refractivity contribution in [3.63, 3.8) is 0 Å². The molecule has 1 aliphatic rings. The Morgan fingerprint density at radius 2 is 1.89 bits per heavy atom. The van der Waals surface area contributed by atoms with Crippen LogP contribution in [0.2, 0.25) is 0 Å². The topological polar surface area (TPSA) is 0 Å². The Labute approximate surface area is 87.7 Å². The molecule has 0 aromatic carbocycles. The maximum absolute atomic E-state index is 3.74. The summed E-state index contributed by atoms with van der Waals surface area (Å²) in [5.74, 6) is 0. The number of hydrogen-bond donors (Lipinski definition) is 0. The van der Waals surface area contributed by atoms with Crippen LogP contribution >= 0.6 is 24.8 Å². The Balaban J connectivity index is -0.000000120. The van der Waals surface area contributed by atoms with Crippen LogP contribution < -0.4 is 0 Å². The summed E-state index contributed by atoms with van der Waals surface area (Å²) in [6.45, 7) is 3.74. The summed E-state index contributed by atoms with van der Waals surface area (Å²) in [6, 6.07) is 0. The van der Waals surface area contributed by atoms with Crippen LogP contribution in [0.1, 0.15) is 6.42 Å². The molecular formula is C6H9Cl2Zr-. The Bertz CT molecular complexity index is 108. The second-order valence-corrected chi connectivity index (χ2v) is 1.46. The zero-order chi connectivity index (χ0) is 4.41. The van der Waals surface area contributed by atoms with Gasteiger partial charge < -0.3 is 0 Å². The summed E-state index contributed by atoms with van der Waals surface area (Å²) in [4.78, 5) is 0. The third kappa shape index (κ3) is 6.70. The van der Waals surface area contributed by atoms with Crippen LogP contribution in [0.15, 0.2) is 23.8 Å². The SMILES string of the molecule is Cl.Cl.[CH2-]C1=CC=CC1.[Zr]. The van der Waals surface area contributed by atoms with Gasteiger partial charge in [-0.25, -0.2) is 18.6 Å². The van der Waals surface area contributed by atoms with E-state index in [0.29, 0.717) is 0 Å². The Hall–Kier alpha value is 0.813. The largest absolute Gasteiger partial charge is 0.241 e. The van der Waals surface area contributed by atoms with Crippen molar-refractivity contribution in [1.82, 2.24) is 0 Å². The van der Waals surface area contributed by atoms with Crippen LogP contribution in [0.25, 0.3) is 0 Å². The van der Waals surface area contributed by atoms with Crippen LogP contribution in [0, 0.1) is 6.92 Å². The molecule has 52 valence electrons. The summed E-state index contributed by atoms with van der Waals surface area (Å²) in [5.41, 5.74) is 1.22. The molecule has 0 nitrogen and oxygen atoms in total. The van der Waals surface area contributed by atoms with Crippen LogP contribution in [-0.4, -0.2) is 0 Å². The van der Waals surface area contributed by atoms with Crippen molar-refractivity contribution < 1.29 is 26.2 Å². The molecular weight excluding hydrogens is 234 g/mol. The fourth-order valence-electron chi connectivity index (χ4n) is 0.492. The van der Waals surface area contributed by atoms with Crippen molar-refractivity contribution >= 4 is 24.8 Å². The van der Waals surface area contributed by atoms with Gasteiger partial charge in [-0.2, -0.15) is 0 Å². The molecule has 0 atom stereocenters. The molecule has 0 aromatic rings. The van der Waals surface area contributed by atoms with Crippen molar-refractivity contribution in [2.24, 2.45) is 0 Å². The predicted molar refractivity (Wildman–Crippen MR) is 41.7 cm³/mol. The van der Waals surface area contributed by atoms with Crippen LogP contribution in [0.3, 0.4) is 0 Å². The average molecular weight is 243 g/mol. The zero-order valence-corrected chi connectivity index (χ0v) is 9.05. The van der Waals surface area contributed by atoms with Crippen LogP contribution in [0.5, 0.6) is 0 Å². The minimum atomic E-state index is 0. The fraction of sp³-hybridized carbons (Fsp3) is 0.167. The van der Waals surface area contributed by atoms with Crippen LogP contribution in [-0.2, 0) is 26.2 Å². The van der Waals surface area contributed by atoms with Crippen molar-refractivity contribution in [3.8, 4) is 0 Å². The molecule has 0 saturated heterocycles. The minimum Gasteiger partial charge on any atom is -0.241 e.